The van der Waals surface area contributed by atoms with E-state index >= 15 is 0 Å². The van der Waals surface area contributed by atoms with Crippen LogP contribution in [0.1, 0.15) is 82.3 Å². The summed E-state index contributed by atoms with van der Waals surface area (Å²) in [5.74, 6) is 0.481. The van der Waals surface area contributed by atoms with Crippen molar-refractivity contribution in [1.29, 1.82) is 0 Å². The predicted octanol–water partition coefficient (Wildman–Crippen LogP) is 5.00. The molecule has 11 heteroatoms. The van der Waals surface area contributed by atoms with Gasteiger partial charge in [0.2, 0.25) is 18.2 Å². The number of fused-ring (bicyclic) bond motifs is 3. The van der Waals surface area contributed by atoms with Crippen LogP contribution in [0.25, 0.3) is 0 Å². The number of carboxylic acid groups (broad SMARTS) is 1. The maximum absolute atomic E-state index is 13.1. The lowest BCUT2D eigenvalue weighted by Gasteiger charge is -2.27. The monoisotopic (exact) mass is 602 g/mol. The Bertz CT molecular complexity index is 1150. The molecule has 0 spiro atoms. The van der Waals surface area contributed by atoms with Crippen LogP contribution >= 0.6 is 11.9 Å². The summed E-state index contributed by atoms with van der Waals surface area (Å²) in [5.41, 5.74) is 1.27. The molecule has 230 valence electrons. The first-order valence-electron chi connectivity index (χ1n) is 15.1. The van der Waals surface area contributed by atoms with Crippen molar-refractivity contribution in [2.24, 2.45) is 11.8 Å². The second-order valence-electron chi connectivity index (χ2n) is 11.7. The zero-order valence-electron chi connectivity index (χ0n) is 24.3. The van der Waals surface area contributed by atoms with E-state index in [9.17, 15) is 23.6 Å². The molecule has 0 radical (unpaired) electrons. The molecule has 2 aliphatic carbocycles. The van der Waals surface area contributed by atoms with Gasteiger partial charge in [-0.05, 0) is 80.9 Å². The van der Waals surface area contributed by atoms with Gasteiger partial charge < -0.3 is 20.0 Å². The van der Waals surface area contributed by atoms with Crippen LogP contribution in [0, 0.1) is 17.7 Å². The molecule has 6 rings (SSSR count). The number of rotatable bonds is 3. The number of hydrogen-bond acceptors (Lipinski definition) is 5. The van der Waals surface area contributed by atoms with Crippen LogP contribution in [0.15, 0.2) is 30.4 Å². The highest BCUT2D eigenvalue weighted by Gasteiger charge is 2.41. The van der Waals surface area contributed by atoms with Crippen molar-refractivity contribution in [2.75, 3.05) is 6.54 Å². The van der Waals surface area contributed by atoms with Crippen molar-refractivity contribution < 1.29 is 28.7 Å². The molecular formula is C31H43FN4O5S. The van der Waals surface area contributed by atoms with E-state index in [-0.39, 0.29) is 36.1 Å². The minimum atomic E-state index is -1.00. The number of allylic oxidation sites excluding steroid dienone is 1. The Balaban J connectivity index is 0.000000169. The van der Waals surface area contributed by atoms with Crippen LogP contribution in [0.5, 0.6) is 0 Å². The van der Waals surface area contributed by atoms with Gasteiger partial charge in [-0.3, -0.25) is 19.3 Å². The molecule has 0 aromatic heterocycles. The molecule has 4 atom stereocenters. The van der Waals surface area contributed by atoms with E-state index in [2.05, 4.69) is 22.2 Å². The van der Waals surface area contributed by atoms with Gasteiger partial charge in [-0.25, -0.2) is 9.18 Å². The Morgan fingerprint density at radius 1 is 1.12 bits per heavy atom. The normalized spacial score (nSPS) is 27.7. The summed E-state index contributed by atoms with van der Waals surface area (Å²) in [4.78, 5) is 48.3. The summed E-state index contributed by atoms with van der Waals surface area (Å²) in [5, 5.41) is 12.6. The lowest BCUT2D eigenvalue weighted by Crippen LogP contribution is -2.48. The number of carbonyl (C=O) groups excluding carboxylic acids is 3. The number of amides is 4. The smallest absolute Gasteiger partial charge is 0.407 e. The number of hydrogen-bond donors (Lipinski definition) is 3. The number of carbonyl (C=O) groups is 4. The molecule has 9 nitrogen and oxygen atoms in total. The van der Waals surface area contributed by atoms with Crippen LogP contribution in [-0.2, 0) is 27.5 Å². The Kier molecular flexibility index (Phi) is 11.7. The van der Waals surface area contributed by atoms with Gasteiger partial charge in [0.1, 0.15) is 11.9 Å². The molecule has 42 heavy (non-hydrogen) atoms. The van der Waals surface area contributed by atoms with Crippen molar-refractivity contribution in [3.8, 4) is 0 Å². The summed E-state index contributed by atoms with van der Waals surface area (Å²) in [6, 6.07) is 4.76. The minimum Gasteiger partial charge on any atom is -0.465 e. The zero-order valence-corrected chi connectivity index (χ0v) is 25.1. The van der Waals surface area contributed by atoms with Crippen molar-refractivity contribution in [1.82, 2.24) is 19.8 Å². The highest BCUT2D eigenvalue weighted by atomic mass is 32.2. The lowest BCUT2D eigenvalue weighted by molar-refractivity contribution is -0.141. The summed E-state index contributed by atoms with van der Waals surface area (Å²) < 4.78 is 15.7. The van der Waals surface area contributed by atoms with E-state index in [1.807, 2.05) is 11.8 Å². The third-order valence-corrected chi connectivity index (χ3v) is 9.36. The molecule has 3 N–H and O–H groups in total. The topological polar surface area (TPSA) is 119 Å². The standard InChI is InChI=1S/C18H28N2O2.C9H8FNO2.C4H7NOS/c1-13-8-5-3-2-4-6-9-14-12-15(14)19-17(21)16-10-7-11-20(16)18(13)22;10-8-3-1-2-6-4-11(9(12)13)5-7(6)8;6-3-5-7-4-1-2-4/h6,9,13-16H,2-5,7-8,10-12H2,1H3,(H,19,21);1-3H,4-5H2,(H,12,13);3-4H,1-2H2,(H,5,6)/b9-6-;;/t13-,14+,15?,16?;;/m0../s1. The highest BCUT2D eigenvalue weighted by molar-refractivity contribution is 7.98. The van der Waals surface area contributed by atoms with Crippen molar-refractivity contribution >= 4 is 36.3 Å². The number of halogens is 1. The maximum atomic E-state index is 13.1. The first kappa shape index (κ1) is 31.8. The fourth-order valence-electron chi connectivity index (χ4n) is 5.57. The molecule has 5 aliphatic rings. The van der Waals surface area contributed by atoms with Crippen LogP contribution in [-0.4, -0.2) is 63.1 Å². The number of nitrogens with zero attached hydrogens (tertiary/aromatic N) is 2. The quantitative estimate of drug-likeness (QED) is 0.255. The Morgan fingerprint density at radius 3 is 2.64 bits per heavy atom. The van der Waals surface area contributed by atoms with E-state index in [1.54, 1.807) is 12.1 Å². The lowest BCUT2D eigenvalue weighted by atomic mass is 10.0. The van der Waals surface area contributed by atoms with Gasteiger partial charge in [0.05, 0.1) is 6.54 Å². The van der Waals surface area contributed by atoms with Gasteiger partial charge in [-0.1, -0.05) is 44.1 Å². The molecule has 2 unspecified atom stereocenters. The summed E-state index contributed by atoms with van der Waals surface area (Å²) in [6.07, 6.45) is 15.2. The van der Waals surface area contributed by atoms with Crippen LogP contribution in [0.2, 0.25) is 0 Å². The molecular weight excluding hydrogens is 559 g/mol. The number of nitrogens with one attached hydrogen (secondary N) is 2. The predicted molar refractivity (Wildman–Crippen MR) is 160 cm³/mol. The van der Waals surface area contributed by atoms with Gasteiger partial charge >= 0.3 is 6.09 Å². The summed E-state index contributed by atoms with van der Waals surface area (Å²) in [7, 11) is 0. The van der Waals surface area contributed by atoms with E-state index in [0.717, 1.165) is 62.3 Å². The fourth-order valence-corrected chi connectivity index (χ4v) is 6.19. The fraction of sp³-hybridized carbons (Fsp3) is 0.613. The van der Waals surface area contributed by atoms with Gasteiger partial charge in [0.15, 0.2) is 0 Å². The molecule has 4 amide bonds. The van der Waals surface area contributed by atoms with E-state index in [0.29, 0.717) is 24.1 Å². The average molecular weight is 603 g/mol. The second-order valence-corrected chi connectivity index (χ2v) is 12.9. The zero-order chi connectivity index (χ0) is 30.1. The van der Waals surface area contributed by atoms with Gasteiger partial charge in [-0.2, -0.15) is 0 Å². The van der Waals surface area contributed by atoms with Gasteiger partial charge in [0.25, 0.3) is 0 Å². The van der Waals surface area contributed by atoms with Crippen LogP contribution in [0.3, 0.4) is 0 Å². The Morgan fingerprint density at radius 2 is 1.93 bits per heavy atom. The molecule has 1 saturated heterocycles. The van der Waals surface area contributed by atoms with E-state index in [1.165, 1.54) is 48.6 Å². The SMILES string of the molecule is C[C@H]1CCCCC/C=C\[C@@H]2CC2NC(=O)C2CCCN2C1=O.O=C(O)N1Cc2cccc(F)c2C1.O=CNSC1CC1. The highest BCUT2D eigenvalue weighted by Crippen LogP contribution is 2.33. The Hall–Kier alpha value is -3.08. The molecule has 3 fully saturated rings. The Labute approximate surface area is 251 Å². The average Bonchev–Trinajstić information content (AvgIpc) is 3.83. The largest absolute Gasteiger partial charge is 0.465 e. The maximum Gasteiger partial charge on any atom is 0.407 e. The van der Waals surface area contributed by atoms with Crippen molar-refractivity contribution in [2.45, 2.75) is 102 Å². The molecule has 1 aromatic carbocycles. The molecule has 0 bridgehead atoms. The van der Waals surface area contributed by atoms with E-state index < -0.39 is 6.09 Å². The second kappa shape index (κ2) is 15.4. The first-order valence-corrected chi connectivity index (χ1v) is 16.0. The molecule has 3 aliphatic heterocycles. The summed E-state index contributed by atoms with van der Waals surface area (Å²) >= 11 is 1.52. The molecule has 2 saturated carbocycles. The van der Waals surface area contributed by atoms with E-state index in [4.69, 9.17) is 5.11 Å². The molecule has 3 heterocycles. The van der Waals surface area contributed by atoms with Crippen molar-refractivity contribution in [3.05, 3.63) is 47.3 Å². The first-order chi connectivity index (χ1) is 20.3. The van der Waals surface area contributed by atoms with Crippen LogP contribution in [0.4, 0.5) is 9.18 Å². The number of benzene rings is 1. The van der Waals surface area contributed by atoms with Crippen molar-refractivity contribution in [3.63, 3.8) is 0 Å². The van der Waals surface area contributed by atoms with Gasteiger partial charge in [0, 0.05) is 35.9 Å². The van der Waals surface area contributed by atoms with Crippen LogP contribution < -0.4 is 10.0 Å². The van der Waals surface area contributed by atoms with Gasteiger partial charge in [-0.15, -0.1) is 0 Å². The minimum absolute atomic E-state index is 0.0442. The third-order valence-electron chi connectivity index (χ3n) is 8.32. The summed E-state index contributed by atoms with van der Waals surface area (Å²) in [6.45, 7) is 3.22. The third kappa shape index (κ3) is 9.21. The molecule has 1 aromatic rings.